The lowest BCUT2D eigenvalue weighted by atomic mass is 10.0. The van der Waals surface area contributed by atoms with Crippen molar-refractivity contribution >= 4 is 23.5 Å². The summed E-state index contributed by atoms with van der Waals surface area (Å²) in [5.74, 6) is -0.752. The number of rotatable bonds is 7. The van der Waals surface area contributed by atoms with E-state index in [1.165, 1.54) is 18.0 Å². The number of hydrogen-bond donors (Lipinski definition) is 0. The van der Waals surface area contributed by atoms with Gasteiger partial charge in [0.05, 0.1) is 6.61 Å². The van der Waals surface area contributed by atoms with E-state index in [0.29, 0.717) is 11.6 Å². The number of esters is 1. The fourth-order valence-electron chi connectivity index (χ4n) is 2.06. The molecule has 0 aliphatic rings. The monoisotopic (exact) mass is 330 g/mol. The average Bonchev–Trinajstić information content (AvgIpc) is 2.60. The topological polar surface area (TPSA) is 69.2 Å². The van der Waals surface area contributed by atoms with Gasteiger partial charge >= 0.3 is 5.97 Å². The zero-order chi connectivity index (χ0) is 16.7. The molecule has 1 aromatic carbocycles. The van der Waals surface area contributed by atoms with E-state index in [2.05, 4.69) is 9.97 Å². The highest BCUT2D eigenvalue weighted by Gasteiger charge is 2.21. The van der Waals surface area contributed by atoms with Gasteiger partial charge < -0.3 is 4.74 Å². The van der Waals surface area contributed by atoms with E-state index in [9.17, 15) is 9.59 Å². The van der Waals surface area contributed by atoms with Crippen LogP contribution in [0, 0.1) is 0 Å². The van der Waals surface area contributed by atoms with E-state index in [1.54, 1.807) is 6.92 Å². The second kappa shape index (κ2) is 8.43. The van der Waals surface area contributed by atoms with Gasteiger partial charge in [0.2, 0.25) is 0 Å². The zero-order valence-corrected chi connectivity index (χ0v) is 13.9. The molecule has 0 N–H and O–H groups in total. The van der Waals surface area contributed by atoms with Crippen LogP contribution in [0.1, 0.15) is 39.8 Å². The lowest BCUT2D eigenvalue weighted by molar-refractivity contribution is 0.0521. The van der Waals surface area contributed by atoms with Crippen molar-refractivity contribution in [3.05, 3.63) is 53.3 Å². The van der Waals surface area contributed by atoms with Gasteiger partial charge in [0.1, 0.15) is 11.3 Å². The van der Waals surface area contributed by atoms with Gasteiger partial charge in [-0.15, -0.1) is 0 Å². The SMILES string of the molecule is CCOC(=O)c1cnc(SC)nc1C(=O)CCc1ccccc1. The van der Waals surface area contributed by atoms with E-state index in [0.717, 1.165) is 5.56 Å². The highest BCUT2D eigenvalue weighted by atomic mass is 32.2. The first-order valence-electron chi connectivity index (χ1n) is 7.31. The lowest BCUT2D eigenvalue weighted by Crippen LogP contribution is -2.15. The standard InChI is InChI=1S/C17H18N2O3S/c1-3-22-16(21)13-11-18-17(23-2)19-15(13)14(20)10-9-12-7-5-4-6-8-12/h4-8,11H,3,9-10H2,1-2H3. The normalized spacial score (nSPS) is 10.3. The van der Waals surface area contributed by atoms with Gasteiger partial charge in [-0.25, -0.2) is 14.8 Å². The molecule has 0 unspecified atom stereocenters. The summed E-state index contributed by atoms with van der Waals surface area (Å²) in [6.07, 6.45) is 4.06. The number of ketones is 1. The van der Waals surface area contributed by atoms with Crippen molar-refractivity contribution in [2.24, 2.45) is 0 Å². The Bertz CT molecular complexity index is 689. The first-order valence-corrected chi connectivity index (χ1v) is 8.53. The van der Waals surface area contributed by atoms with Gasteiger partial charge in [-0.2, -0.15) is 0 Å². The summed E-state index contributed by atoms with van der Waals surface area (Å²) in [7, 11) is 0. The molecule has 23 heavy (non-hydrogen) atoms. The van der Waals surface area contributed by atoms with Gasteiger partial charge in [-0.3, -0.25) is 4.79 Å². The van der Waals surface area contributed by atoms with Crippen LogP contribution >= 0.6 is 11.8 Å². The molecular formula is C17H18N2O3S. The fraction of sp³-hybridized carbons (Fsp3) is 0.294. The molecule has 5 nitrogen and oxygen atoms in total. The summed E-state index contributed by atoms with van der Waals surface area (Å²) in [6.45, 7) is 1.95. The van der Waals surface area contributed by atoms with Crippen molar-refractivity contribution in [2.45, 2.75) is 24.9 Å². The fourth-order valence-corrected chi connectivity index (χ4v) is 2.40. The number of aromatic nitrogens is 2. The molecule has 0 saturated heterocycles. The summed E-state index contributed by atoms with van der Waals surface area (Å²) in [5.41, 5.74) is 1.33. The summed E-state index contributed by atoms with van der Waals surface area (Å²) in [6, 6.07) is 9.72. The maximum absolute atomic E-state index is 12.5. The van der Waals surface area contributed by atoms with Crippen LogP contribution in [0.2, 0.25) is 0 Å². The molecule has 0 aliphatic heterocycles. The molecule has 0 saturated carbocycles. The second-order valence-corrected chi connectivity index (χ2v) is 5.52. The Morgan fingerprint density at radius 3 is 2.61 bits per heavy atom. The predicted octanol–water partition coefficient (Wildman–Crippen LogP) is 3.19. The van der Waals surface area contributed by atoms with Gasteiger partial charge in [0, 0.05) is 12.6 Å². The Labute approximate surface area is 139 Å². The van der Waals surface area contributed by atoms with Crippen LogP contribution in [0.5, 0.6) is 0 Å². The van der Waals surface area contributed by atoms with E-state index in [-0.39, 0.29) is 30.1 Å². The van der Waals surface area contributed by atoms with E-state index >= 15 is 0 Å². The van der Waals surface area contributed by atoms with Crippen LogP contribution in [0.4, 0.5) is 0 Å². The van der Waals surface area contributed by atoms with Crippen LogP contribution in [0.3, 0.4) is 0 Å². The quantitative estimate of drug-likeness (QED) is 0.336. The molecule has 2 rings (SSSR count). The summed E-state index contributed by atoms with van der Waals surface area (Å²) in [5, 5.41) is 0.459. The Morgan fingerprint density at radius 1 is 1.22 bits per heavy atom. The molecule has 0 spiro atoms. The Hall–Kier alpha value is -2.21. The smallest absolute Gasteiger partial charge is 0.342 e. The Kier molecular flexibility index (Phi) is 6.29. The molecule has 0 atom stereocenters. The summed E-state index contributed by atoms with van der Waals surface area (Å²) < 4.78 is 4.98. The number of benzene rings is 1. The number of Topliss-reactive ketones (excluding diaryl/α,β-unsaturated/α-hetero) is 1. The Balaban J connectivity index is 2.21. The third-order valence-corrected chi connectivity index (χ3v) is 3.75. The predicted molar refractivity (Wildman–Crippen MR) is 88.9 cm³/mol. The number of ether oxygens (including phenoxy) is 1. The maximum Gasteiger partial charge on any atom is 0.342 e. The first-order chi connectivity index (χ1) is 11.2. The van der Waals surface area contributed by atoms with Crippen molar-refractivity contribution in [2.75, 3.05) is 12.9 Å². The van der Waals surface area contributed by atoms with E-state index < -0.39 is 5.97 Å². The molecule has 0 radical (unpaired) electrons. The van der Waals surface area contributed by atoms with Gasteiger partial charge in [-0.1, -0.05) is 42.1 Å². The van der Waals surface area contributed by atoms with Crippen molar-refractivity contribution in [3.63, 3.8) is 0 Å². The third kappa shape index (κ3) is 4.63. The van der Waals surface area contributed by atoms with E-state index in [1.807, 2.05) is 36.6 Å². The van der Waals surface area contributed by atoms with Crippen LogP contribution in [-0.4, -0.2) is 34.6 Å². The highest BCUT2D eigenvalue weighted by Crippen LogP contribution is 2.16. The van der Waals surface area contributed by atoms with Crippen molar-refractivity contribution in [1.29, 1.82) is 0 Å². The molecule has 0 aliphatic carbocycles. The minimum Gasteiger partial charge on any atom is -0.462 e. The van der Waals surface area contributed by atoms with Crippen molar-refractivity contribution in [3.8, 4) is 0 Å². The van der Waals surface area contributed by atoms with Crippen molar-refractivity contribution in [1.82, 2.24) is 9.97 Å². The molecule has 6 heteroatoms. The number of thioether (sulfide) groups is 1. The molecule has 1 heterocycles. The average molecular weight is 330 g/mol. The van der Waals surface area contributed by atoms with Gasteiger partial charge in [0.25, 0.3) is 0 Å². The maximum atomic E-state index is 12.5. The second-order valence-electron chi connectivity index (χ2n) is 4.75. The van der Waals surface area contributed by atoms with E-state index in [4.69, 9.17) is 4.74 Å². The van der Waals surface area contributed by atoms with Crippen LogP contribution in [0.15, 0.2) is 41.7 Å². The van der Waals surface area contributed by atoms with Gasteiger partial charge in [0.15, 0.2) is 10.9 Å². The third-order valence-electron chi connectivity index (χ3n) is 3.19. The largest absolute Gasteiger partial charge is 0.462 e. The minimum atomic E-state index is -0.566. The number of nitrogens with zero attached hydrogens (tertiary/aromatic N) is 2. The summed E-state index contributed by atoms with van der Waals surface area (Å²) in [4.78, 5) is 32.8. The number of carbonyl (C=O) groups is 2. The summed E-state index contributed by atoms with van der Waals surface area (Å²) >= 11 is 1.32. The van der Waals surface area contributed by atoms with Crippen molar-refractivity contribution < 1.29 is 14.3 Å². The highest BCUT2D eigenvalue weighted by molar-refractivity contribution is 7.98. The minimum absolute atomic E-state index is 0.128. The molecule has 1 aromatic heterocycles. The van der Waals surface area contributed by atoms with Crippen LogP contribution < -0.4 is 0 Å². The first kappa shape index (κ1) is 17.1. The molecule has 0 fully saturated rings. The Morgan fingerprint density at radius 2 is 1.96 bits per heavy atom. The molecule has 0 bridgehead atoms. The molecular weight excluding hydrogens is 312 g/mol. The molecule has 0 amide bonds. The van der Waals surface area contributed by atoms with Crippen LogP contribution in [0.25, 0.3) is 0 Å². The lowest BCUT2D eigenvalue weighted by Gasteiger charge is -2.08. The number of aryl methyl sites for hydroxylation is 1. The van der Waals surface area contributed by atoms with Crippen LogP contribution in [-0.2, 0) is 11.2 Å². The number of hydrogen-bond acceptors (Lipinski definition) is 6. The number of carbonyl (C=O) groups excluding carboxylic acids is 2. The van der Waals surface area contributed by atoms with Gasteiger partial charge in [-0.05, 0) is 25.2 Å². The zero-order valence-electron chi connectivity index (χ0n) is 13.1. The molecule has 120 valence electrons. The molecule has 2 aromatic rings.